The molecule has 0 aromatic heterocycles. The molecule has 0 aliphatic heterocycles. The van der Waals surface area contributed by atoms with Crippen molar-refractivity contribution in [1.82, 2.24) is 5.32 Å². The van der Waals surface area contributed by atoms with Crippen LogP contribution >= 0.6 is 0 Å². The van der Waals surface area contributed by atoms with Crippen molar-refractivity contribution in [3.05, 3.63) is 12.2 Å². The van der Waals surface area contributed by atoms with Crippen molar-refractivity contribution in [1.29, 1.82) is 0 Å². The van der Waals surface area contributed by atoms with Gasteiger partial charge in [0.2, 0.25) is 5.91 Å². The van der Waals surface area contributed by atoms with Gasteiger partial charge in [-0.25, -0.2) is 0 Å². The largest absolute Gasteiger partial charge is 0.481 e. The van der Waals surface area contributed by atoms with Gasteiger partial charge in [-0.1, -0.05) is 39.3 Å². The number of amides is 1. The van der Waals surface area contributed by atoms with Crippen LogP contribution in [0.2, 0.25) is 0 Å². The molecule has 8 nitrogen and oxygen atoms in total. The monoisotopic (exact) mass is 415 g/mol. The van der Waals surface area contributed by atoms with Crippen LogP contribution in [-0.4, -0.2) is 77.0 Å². The van der Waals surface area contributed by atoms with E-state index >= 15 is 0 Å². The molecule has 0 bridgehead atoms. The number of carbonyl (C=O) groups is 3. The van der Waals surface area contributed by atoms with Gasteiger partial charge in [0.15, 0.2) is 0 Å². The van der Waals surface area contributed by atoms with E-state index in [4.69, 9.17) is 0 Å². The summed E-state index contributed by atoms with van der Waals surface area (Å²) in [5.74, 6) is -2.89. The third-order valence-corrected chi connectivity index (χ3v) is 5.32. The van der Waals surface area contributed by atoms with Gasteiger partial charge in [0.1, 0.15) is 6.54 Å². The second-order valence-corrected chi connectivity index (χ2v) is 7.83. The van der Waals surface area contributed by atoms with E-state index < -0.39 is 23.8 Å². The molecule has 0 heterocycles. The minimum atomic E-state index is -0.877. The van der Waals surface area contributed by atoms with Gasteiger partial charge < -0.3 is 25.1 Å². The lowest BCUT2D eigenvalue weighted by molar-refractivity contribution is -0.928. The van der Waals surface area contributed by atoms with Crippen LogP contribution in [0.4, 0.5) is 0 Å². The summed E-state index contributed by atoms with van der Waals surface area (Å²) >= 11 is 0. The van der Waals surface area contributed by atoms with E-state index in [1.807, 2.05) is 12.2 Å². The number of aliphatic carboxylic acids is 2. The maximum absolute atomic E-state index is 12.0. The number of nitrogens with one attached hydrogen (secondary N) is 1. The molecule has 0 aromatic rings. The highest BCUT2D eigenvalue weighted by Crippen LogP contribution is 2.16. The van der Waals surface area contributed by atoms with E-state index in [-0.39, 0.29) is 12.5 Å². The Bertz CT molecular complexity index is 511. The lowest BCUT2D eigenvalue weighted by Gasteiger charge is -2.39. The second kappa shape index (κ2) is 15.0. The van der Waals surface area contributed by atoms with Crippen LogP contribution in [0.3, 0.4) is 0 Å². The fourth-order valence-corrected chi connectivity index (χ4v) is 3.04. The van der Waals surface area contributed by atoms with Crippen molar-refractivity contribution in [2.24, 2.45) is 11.8 Å². The number of rotatable bonds is 17. The summed E-state index contributed by atoms with van der Waals surface area (Å²) in [5.41, 5.74) is 0. The first-order chi connectivity index (χ1) is 13.7. The molecular weight excluding hydrogens is 376 g/mol. The van der Waals surface area contributed by atoms with Crippen molar-refractivity contribution in [3.8, 4) is 0 Å². The highest BCUT2D eigenvalue weighted by atomic mass is 16.4. The molecule has 0 aliphatic carbocycles. The third kappa shape index (κ3) is 12.3. The van der Waals surface area contributed by atoms with Gasteiger partial charge in [0, 0.05) is 19.3 Å². The van der Waals surface area contributed by atoms with Gasteiger partial charge in [0.05, 0.1) is 44.6 Å². The second-order valence-electron chi connectivity index (χ2n) is 7.83. The first kappa shape index (κ1) is 27.1. The molecule has 0 saturated carbocycles. The Labute approximate surface area is 174 Å². The summed E-state index contributed by atoms with van der Waals surface area (Å²) in [7, 11) is 0. The van der Waals surface area contributed by atoms with Crippen molar-refractivity contribution >= 4 is 17.8 Å². The fraction of sp³-hybridized carbons (Fsp3) is 0.762. The van der Waals surface area contributed by atoms with Gasteiger partial charge in [-0.3, -0.25) is 14.4 Å². The quantitative estimate of drug-likeness (QED) is 0.212. The third-order valence-electron chi connectivity index (χ3n) is 5.32. The molecule has 2 atom stereocenters. The zero-order valence-electron chi connectivity index (χ0n) is 18.1. The average molecular weight is 416 g/mol. The molecule has 4 N–H and O–H groups in total. The van der Waals surface area contributed by atoms with Crippen molar-refractivity contribution in [2.75, 3.05) is 39.3 Å². The molecule has 0 saturated heterocycles. The number of carboxylic acids is 2. The first-order valence-electron chi connectivity index (χ1n) is 10.5. The summed E-state index contributed by atoms with van der Waals surface area (Å²) < 4.78 is 0.387. The van der Waals surface area contributed by atoms with Gasteiger partial charge in [-0.05, 0) is 6.42 Å². The van der Waals surface area contributed by atoms with Crippen LogP contribution < -0.4 is 5.32 Å². The molecule has 0 spiro atoms. The van der Waals surface area contributed by atoms with Crippen LogP contribution in [0.15, 0.2) is 12.2 Å². The number of carboxylic acid groups (broad SMARTS) is 2. The van der Waals surface area contributed by atoms with E-state index in [0.717, 1.165) is 12.8 Å². The number of aliphatic hydroxyl groups excluding tert-OH is 1. The smallest absolute Gasteiger partial charge is 0.306 e. The van der Waals surface area contributed by atoms with Gasteiger partial charge in [-0.2, -0.15) is 0 Å². The highest BCUT2D eigenvalue weighted by Gasteiger charge is 2.30. The lowest BCUT2D eigenvalue weighted by Crippen LogP contribution is -2.55. The van der Waals surface area contributed by atoms with E-state index in [9.17, 15) is 29.7 Å². The maximum atomic E-state index is 12.0. The van der Waals surface area contributed by atoms with Gasteiger partial charge in [0.25, 0.3) is 0 Å². The summed E-state index contributed by atoms with van der Waals surface area (Å²) in [6.07, 6.45) is 6.95. The molecule has 8 heteroatoms. The topological polar surface area (TPSA) is 124 Å². The van der Waals surface area contributed by atoms with E-state index in [1.165, 1.54) is 0 Å². The fourth-order valence-electron chi connectivity index (χ4n) is 3.04. The Morgan fingerprint density at radius 3 is 1.93 bits per heavy atom. The number of hydrogen-bond donors (Lipinski definition) is 4. The van der Waals surface area contributed by atoms with Crippen molar-refractivity contribution in [3.63, 3.8) is 0 Å². The Morgan fingerprint density at radius 1 is 0.931 bits per heavy atom. The molecule has 0 aromatic carbocycles. The van der Waals surface area contributed by atoms with Gasteiger partial charge in [-0.15, -0.1) is 0 Å². The van der Waals surface area contributed by atoms with Gasteiger partial charge >= 0.3 is 11.9 Å². The summed E-state index contributed by atoms with van der Waals surface area (Å²) in [4.78, 5) is 34.4. The number of unbranched alkanes of at least 4 members (excludes halogenated alkanes) is 1. The Morgan fingerprint density at radius 2 is 1.48 bits per heavy atom. The molecule has 29 heavy (non-hydrogen) atoms. The highest BCUT2D eigenvalue weighted by molar-refractivity contribution is 5.77. The molecule has 0 fully saturated rings. The molecule has 2 unspecified atom stereocenters. The summed E-state index contributed by atoms with van der Waals surface area (Å²) in [6.45, 7) is 7.58. The van der Waals surface area contributed by atoms with Crippen LogP contribution in [0.25, 0.3) is 0 Å². The van der Waals surface area contributed by atoms with Crippen LogP contribution in [0.1, 0.15) is 52.9 Å². The zero-order valence-corrected chi connectivity index (χ0v) is 18.1. The zero-order chi connectivity index (χ0) is 22.3. The average Bonchev–Trinajstić information content (AvgIpc) is 2.67. The number of nitrogens with zero attached hydrogens (tertiary/aromatic N) is 1. The first-order valence-corrected chi connectivity index (χ1v) is 10.5. The number of carbonyl (C=O) groups excluding carboxylic acids is 1. The number of aliphatic hydroxyl groups is 1. The number of hydrogen-bond acceptors (Lipinski definition) is 4. The van der Waals surface area contributed by atoms with Crippen LogP contribution in [0, 0.1) is 11.8 Å². The standard InChI is InChI=1S/C21H38N2O6/c1-4-5-6-7-8-19(25)22-11-14-23(15-16-24,12-9-17(2)20(26)27)13-10-18(3)21(28)29/h6-7,17-18,24H,4-5,8-16H2,1-3H3,(H2-,22,25,26,27,28,29)/p+1/b7-6+. The SMILES string of the molecule is CCC/C=C/CC(=O)NCC[N+](CCO)(CCC(C)C(=O)O)CCC(C)C(=O)O. The number of allylic oxidation sites excluding steroid dienone is 1. The molecule has 1 amide bonds. The maximum Gasteiger partial charge on any atom is 0.306 e. The van der Waals surface area contributed by atoms with Crippen molar-refractivity contribution < 1.29 is 34.2 Å². The molecule has 168 valence electrons. The minimum absolute atomic E-state index is 0.0859. The normalized spacial score (nSPS) is 15.6. The molecule has 0 rings (SSSR count). The lowest BCUT2D eigenvalue weighted by atomic mass is 10.0. The Hall–Kier alpha value is -1.93. The van der Waals surface area contributed by atoms with E-state index in [0.29, 0.717) is 56.5 Å². The Balaban J connectivity index is 4.98. The van der Waals surface area contributed by atoms with Crippen molar-refractivity contribution in [2.45, 2.75) is 52.9 Å². The molecule has 0 radical (unpaired) electrons. The van der Waals surface area contributed by atoms with Crippen LogP contribution in [0.5, 0.6) is 0 Å². The summed E-state index contributed by atoms with van der Waals surface area (Å²) in [6, 6.07) is 0. The van der Waals surface area contributed by atoms with E-state index in [2.05, 4.69) is 12.2 Å². The number of quaternary nitrogens is 1. The minimum Gasteiger partial charge on any atom is -0.481 e. The summed E-state index contributed by atoms with van der Waals surface area (Å²) in [5, 5.41) is 30.8. The predicted molar refractivity (Wildman–Crippen MR) is 111 cm³/mol. The Kier molecular flexibility index (Phi) is 14.0. The predicted octanol–water partition coefficient (Wildman–Crippen LogP) is 1.88. The molecule has 0 aliphatic rings. The van der Waals surface area contributed by atoms with E-state index in [1.54, 1.807) is 13.8 Å². The van der Waals surface area contributed by atoms with Crippen LogP contribution in [-0.2, 0) is 14.4 Å². The molecular formula is C21H39N2O6+.